The van der Waals surface area contributed by atoms with Gasteiger partial charge in [-0.05, 0) is 42.0 Å². The van der Waals surface area contributed by atoms with Crippen LogP contribution < -0.4 is 5.32 Å². The van der Waals surface area contributed by atoms with Crippen LogP contribution in [0.1, 0.15) is 15.9 Å². The number of aromatic amines is 2. The first-order valence-corrected chi connectivity index (χ1v) is 9.99. The van der Waals surface area contributed by atoms with E-state index in [4.69, 9.17) is 0 Å². The lowest BCUT2D eigenvalue weighted by molar-refractivity contribution is 0.102. The number of aromatic nitrogens is 5. The van der Waals surface area contributed by atoms with Crippen molar-refractivity contribution < 1.29 is 4.79 Å². The monoisotopic (exact) mass is 400 g/mol. The molecule has 0 unspecified atom stereocenters. The molecule has 7 nitrogen and oxygen atoms in total. The van der Waals surface area contributed by atoms with Gasteiger partial charge in [-0.25, -0.2) is 9.97 Å². The maximum atomic E-state index is 12.6. The number of amides is 1. The van der Waals surface area contributed by atoms with Crippen LogP contribution in [0.2, 0.25) is 0 Å². The van der Waals surface area contributed by atoms with E-state index < -0.39 is 0 Å². The molecule has 3 aromatic heterocycles. The van der Waals surface area contributed by atoms with Crippen LogP contribution >= 0.6 is 11.8 Å². The third kappa shape index (κ3) is 3.57. The van der Waals surface area contributed by atoms with Gasteiger partial charge in [-0.2, -0.15) is 5.10 Å². The van der Waals surface area contributed by atoms with Crippen molar-refractivity contribution in [2.24, 2.45) is 0 Å². The second kappa shape index (κ2) is 7.40. The molecule has 142 valence electrons. The molecule has 0 spiro atoms. The first kappa shape index (κ1) is 17.4. The lowest BCUT2D eigenvalue weighted by Crippen LogP contribution is -2.11. The number of hydrogen-bond acceptors (Lipinski definition) is 5. The Morgan fingerprint density at radius 1 is 1.10 bits per heavy atom. The van der Waals surface area contributed by atoms with Gasteiger partial charge >= 0.3 is 0 Å². The summed E-state index contributed by atoms with van der Waals surface area (Å²) in [5, 5.41) is 12.6. The van der Waals surface area contributed by atoms with Crippen LogP contribution in [0.5, 0.6) is 0 Å². The van der Waals surface area contributed by atoms with Crippen LogP contribution in [0.25, 0.3) is 21.9 Å². The summed E-state index contributed by atoms with van der Waals surface area (Å²) < 4.78 is 0. The molecule has 1 amide bonds. The second-order valence-electron chi connectivity index (χ2n) is 6.53. The van der Waals surface area contributed by atoms with E-state index in [1.54, 1.807) is 18.0 Å². The molecule has 0 aliphatic carbocycles. The molecule has 0 saturated carbocycles. The Hall–Kier alpha value is -3.65. The number of H-pyrrole nitrogens is 2. The van der Waals surface area contributed by atoms with Gasteiger partial charge in [-0.15, -0.1) is 11.8 Å². The van der Waals surface area contributed by atoms with Gasteiger partial charge in [-0.3, -0.25) is 9.89 Å². The van der Waals surface area contributed by atoms with E-state index in [0.717, 1.165) is 44.0 Å². The number of anilines is 1. The van der Waals surface area contributed by atoms with E-state index in [9.17, 15) is 4.79 Å². The Kier molecular flexibility index (Phi) is 4.45. The Morgan fingerprint density at radius 3 is 3.03 bits per heavy atom. The van der Waals surface area contributed by atoms with Crippen LogP contribution in [0.3, 0.4) is 0 Å². The number of thioether (sulfide) groups is 1. The highest BCUT2D eigenvalue weighted by Crippen LogP contribution is 2.27. The van der Waals surface area contributed by atoms with Crippen molar-refractivity contribution in [3.63, 3.8) is 0 Å². The molecule has 0 radical (unpaired) electrons. The molecule has 5 rings (SSSR count). The van der Waals surface area contributed by atoms with Crippen molar-refractivity contribution in [3.8, 4) is 0 Å². The van der Waals surface area contributed by atoms with Crippen molar-refractivity contribution in [1.29, 1.82) is 0 Å². The molecular formula is C21H16N6OS. The Labute approximate surface area is 170 Å². The predicted molar refractivity (Wildman–Crippen MR) is 114 cm³/mol. The van der Waals surface area contributed by atoms with E-state index in [1.807, 2.05) is 54.7 Å². The SMILES string of the molecule is O=C(Nc1cccc(CSc2ncnc3[nH]ncc23)c1)c1ccc2[nH]ccc2c1. The van der Waals surface area contributed by atoms with E-state index in [-0.39, 0.29) is 5.91 Å². The summed E-state index contributed by atoms with van der Waals surface area (Å²) in [5.41, 5.74) is 4.21. The lowest BCUT2D eigenvalue weighted by Gasteiger charge is -2.08. The van der Waals surface area contributed by atoms with Gasteiger partial charge in [-0.1, -0.05) is 12.1 Å². The van der Waals surface area contributed by atoms with Crippen molar-refractivity contribution in [3.05, 3.63) is 78.4 Å². The molecule has 0 fully saturated rings. The summed E-state index contributed by atoms with van der Waals surface area (Å²) in [6, 6.07) is 15.4. The molecule has 0 bridgehead atoms. The molecule has 3 N–H and O–H groups in total. The number of fused-ring (bicyclic) bond motifs is 2. The lowest BCUT2D eigenvalue weighted by atomic mass is 10.1. The predicted octanol–water partition coefficient (Wildman–Crippen LogP) is 4.38. The maximum absolute atomic E-state index is 12.6. The van der Waals surface area contributed by atoms with Gasteiger partial charge in [0.2, 0.25) is 0 Å². The second-order valence-corrected chi connectivity index (χ2v) is 7.50. The Balaban J connectivity index is 1.30. The minimum Gasteiger partial charge on any atom is -0.361 e. The third-order valence-electron chi connectivity index (χ3n) is 4.59. The minimum atomic E-state index is -0.131. The molecule has 0 atom stereocenters. The number of benzene rings is 2. The first-order chi connectivity index (χ1) is 14.3. The van der Waals surface area contributed by atoms with Crippen molar-refractivity contribution in [2.75, 3.05) is 5.32 Å². The fourth-order valence-electron chi connectivity index (χ4n) is 3.15. The van der Waals surface area contributed by atoms with Gasteiger partial charge in [0, 0.05) is 34.1 Å². The fourth-order valence-corrected chi connectivity index (χ4v) is 4.06. The molecule has 3 heterocycles. The summed E-state index contributed by atoms with van der Waals surface area (Å²) >= 11 is 1.61. The third-order valence-corrected chi connectivity index (χ3v) is 5.66. The van der Waals surface area contributed by atoms with Gasteiger partial charge in [0.05, 0.1) is 11.6 Å². The van der Waals surface area contributed by atoms with Crippen LogP contribution in [0, 0.1) is 0 Å². The minimum absolute atomic E-state index is 0.131. The van der Waals surface area contributed by atoms with E-state index in [2.05, 4.69) is 30.5 Å². The molecule has 0 aliphatic heterocycles. The van der Waals surface area contributed by atoms with Gasteiger partial charge < -0.3 is 10.3 Å². The maximum Gasteiger partial charge on any atom is 0.255 e. The van der Waals surface area contributed by atoms with Crippen LogP contribution in [-0.4, -0.2) is 31.1 Å². The zero-order valence-corrected chi connectivity index (χ0v) is 16.0. The van der Waals surface area contributed by atoms with E-state index in [1.165, 1.54) is 6.33 Å². The zero-order valence-electron chi connectivity index (χ0n) is 15.2. The Bertz CT molecular complexity index is 1330. The molecule has 2 aromatic carbocycles. The normalized spacial score (nSPS) is 11.2. The summed E-state index contributed by atoms with van der Waals surface area (Å²) in [6.45, 7) is 0. The zero-order chi connectivity index (χ0) is 19.6. The molecular weight excluding hydrogens is 384 g/mol. The molecule has 0 aliphatic rings. The quantitative estimate of drug-likeness (QED) is 0.300. The van der Waals surface area contributed by atoms with E-state index in [0.29, 0.717) is 5.56 Å². The smallest absolute Gasteiger partial charge is 0.255 e. The average molecular weight is 400 g/mol. The highest BCUT2D eigenvalue weighted by Gasteiger charge is 2.09. The van der Waals surface area contributed by atoms with E-state index >= 15 is 0 Å². The number of rotatable bonds is 5. The standard InChI is InChI=1S/C21H16N6OS/c28-20(15-4-5-18-14(9-15)6-7-22-18)26-16-3-1-2-13(8-16)11-29-21-17-10-25-27-19(17)23-12-24-21/h1-10,12,22H,11H2,(H,26,28)(H,23,24,25,27). The number of nitrogens with one attached hydrogen (secondary N) is 3. The number of carbonyl (C=O) groups is 1. The summed E-state index contributed by atoms with van der Waals surface area (Å²) in [6.07, 6.45) is 5.12. The highest BCUT2D eigenvalue weighted by molar-refractivity contribution is 7.98. The average Bonchev–Trinajstić information content (AvgIpc) is 3.41. The molecule has 29 heavy (non-hydrogen) atoms. The Morgan fingerprint density at radius 2 is 2.07 bits per heavy atom. The number of carbonyl (C=O) groups excluding carboxylic acids is 1. The molecule has 5 aromatic rings. The van der Waals surface area contributed by atoms with Crippen molar-refractivity contribution in [2.45, 2.75) is 10.8 Å². The van der Waals surface area contributed by atoms with Crippen molar-refractivity contribution in [1.82, 2.24) is 25.1 Å². The molecule has 0 saturated heterocycles. The van der Waals surface area contributed by atoms with Crippen LogP contribution in [0.15, 0.2) is 72.3 Å². The van der Waals surface area contributed by atoms with Crippen molar-refractivity contribution >= 4 is 45.3 Å². The largest absolute Gasteiger partial charge is 0.361 e. The van der Waals surface area contributed by atoms with Crippen LogP contribution in [0.4, 0.5) is 5.69 Å². The highest BCUT2D eigenvalue weighted by atomic mass is 32.2. The first-order valence-electron chi connectivity index (χ1n) is 9.00. The number of hydrogen-bond donors (Lipinski definition) is 3. The van der Waals surface area contributed by atoms with Gasteiger partial charge in [0.25, 0.3) is 5.91 Å². The summed E-state index contributed by atoms with van der Waals surface area (Å²) in [4.78, 5) is 24.3. The molecule has 8 heteroatoms. The van der Waals surface area contributed by atoms with Crippen LogP contribution in [-0.2, 0) is 5.75 Å². The fraction of sp³-hybridized carbons (Fsp3) is 0.0476. The van der Waals surface area contributed by atoms with Gasteiger partial charge in [0.15, 0.2) is 5.65 Å². The summed E-state index contributed by atoms with van der Waals surface area (Å²) in [7, 11) is 0. The van der Waals surface area contributed by atoms with Gasteiger partial charge in [0.1, 0.15) is 11.4 Å². The topological polar surface area (TPSA) is 99.3 Å². The number of nitrogens with zero attached hydrogens (tertiary/aromatic N) is 3. The summed E-state index contributed by atoms with van der Waals surface area (Å²) in [5.74, 6) is 0.588.